The molecule has 1 atom stereocenters. The Labute approximate surface area is 106 Å². The summed E-state index contributed by atoms with van der Waals surface area (Å²) in [5.41, 5.74) is 6.54. The number of ether oxygens (including phenoxy) is 1. The van der Waals surface area contributed by atoms with Crippen LogP contribution in [-0.2, 0) is 0 Å². The van der Waals surface area contributed by atoms with Crippen LogP contribution >= 0.6 is 0 Å². The normalized spacial score (nSPS) is 16.1. The number of nitrogens with one attached hydrogen (secondary N) is 1. The van der Waals surface area contributed by atoms with Crippen molar-refractivity contribution in [2.75, 3.05) is 19.4 Å². The maximum absolute atomic E-state index is 12.0. The Bertz CT molecular complexity index is 444. The topological polar surface area (TPSA) is 84.6 Å². The lowest BCUT2D eigenvalue weighted by Gasteiger charge is -2.13. The second kappa shape index (κ2) is 5.27. The van der Waals surface area contributed by atoms with Gasteiger partial charge in [-0.3, -0.25) is 4.79 Å². The van der Waals surface area contributed by atoms with Gasteiger partial charge in [0.15, 0.2) is 5.75 Å². The summed E-state index contributed by atoms with van der Waals surface area (Å²) in [4.78, 5) is 12.0. The van der Waals surface area contributed by atoms with Crippen LogP contribution < -0.4 is 15.8 Å². The number of para-hydroxylation sites is 1. The minimum absolute atomic E-state index is 0.265. The molecule has 1 aromatic carbocycles. The van der Waals surface area contributed by atoms with Gasteiger partial charge in [-0.05, 0) is 30.9 Å². The van der Waals surface area contributed by atoms with Crippen LogP contribution in [0.4, 0.5) is 5.69 Å². The first-order chi connectivity index (χ1) is 8.63. The summed E-state index contributed by atoms with van der Waals surface area (Å²) in [5.74, 6) is 0.433. The number of hydrogen-bond donors (Lipinski definition) is 3. The van der Waals surface area contributed by atoms with E-state index in [0.717, 1.165) is 12.8 Å². The highest BCUT2D eigenvalue weighted by Gasteiger charge is 2.29. The van der Waals surface area contributed by atoms with Gasteiger partial charge in [-0.25, -0.2) is 0 Å². The smallest absolute Gasteiger partial charge is 0.255 e. The molecule has 1 amide bonds. The van der Waals surface area contributed by atoms with Gasteiger partial charge in [-0.15, -0.1) is 0 Å². The molecule has 0 spiro atoms. The minimum Gasteiger partial charge on any atom is -0.494 e. The molecule has 98 valence electrons. The summed E-state index contributed by atoms with van der Waals surface area (Å²) >= 11 is 0. The molecule has 4 N–H and O–H groups in total. The third-order valence-corrected chi connectivity index (χ3v) is 3.13. The van der Waals surface area contributed by atoms with Gasteiger partial charge < -0.3 is 20.9 Å². The third-order valence-electron chi connectivity index (χ3n) is 3.13. The van der Waals surface area contributed by atoms with E-state index in [2.05, 4.69) is 5.32 Å². The van der Waals surface area contributed by atoms with E-state index in [4.69, 9.17) is 10.5 Å². The Morgan fingerprint density at radius 3 is 2.94 bits per heavy atom. The number of benzene rings is 1. The number of carbonyl (C=O) groups is 1. The molecule has 18 heavy (non-hydrogen) atoms. The number of methoxy groups -OCH3 is 1. The summed E-state index contributed by atoms with van der Waals surface area (Å²) in [6.45, 7) is 0.265. The van der Waals surface area contributed by atoms with Crippen molar-refractivity contribution in [2.24, 2.45) is 5.92 Å². The number of anilines is 1. The number of carbonyl (C=O) groups excluding carboxylic acids is 1. The van der Waals surface area contributed by atoms with E-state index in [0.29, 0.717) is 22.9 Å². The molecule has 0 heterocycles. The van der Waals surface area contributed by atoms with Gasteiger partial charge in [-0.1, -0.05) is 6.07 Å². The van der Waals surface area contributed by atoms with Gasteiger partial charge in [-0.2, -0.15) is 0 Å². The lowest BCUT2D eigenvalue weighted by molar-refractivity contribution is 0.0898. The molecule has 0 aromatic heterocycles. The van der Waals surface area contributed by atoms with Crippen LogP contribution in [0.1, 0.15) is 23.2 Å². The summed E-state index contributed by atoms with van der Waals surface area (Å²) < 4.78 is 5.12. The average molecular weight is 250 g/mol. The van der Waals surface area contributed by atoms with Crippen LogP contribution in [0, 0.1) is 5.92 Å². The zero-order valence-corrected chi connectivity index (χ0v) is 10.3. The van der Waals surface area contributed by atoms with E-state index in [-0.39, 0.29) is 12.5 Å². The number of aliphatic hydroxyl groups excluding tert-OH is 1. The van der Waals surface area contributed by atoms with Gasteiger partial charge >= 0.3 is 0 Å². The fourth-order valence-corrected chi connectivity index (χ4v) is 1.90. The molecule has 5 heteroatoms. The van der Waals surface area contributed by atoms with Crippen molar-refractivity contribution in [3.8, 4) is 5.75 Å². The number of amides is 1. The highest BCUT2D eigenvalue weighted by molar-refractivity contribution is 5.98. The molecule has 0 aliphatic heterocycles. The van der Waals surface area contributed by atoms with E-state index in [1.54, 1.807) is 18.2 Å². The highest BCUT2D eigenvalue weighted by atomic mass is 16.5. The van der Waals surface area contributed by atoms with Gasteiger partial charge in [0.05, 0.1) is 24.5 Å². The number of hydrogen-bond acceptors (Lipinski definition) is 4. The Hall–Kier alpha value is -1.75. The molecule has 0 radical (unpaired) electrons. The van der Waals surface area contributed by atoms with E-state index >= 15 is 0 Å². The van der Waals surface area contributed by atoms with Crippen LogP contribution in [-0.4, -0.2) is 30.8 Å². The van der Waals surface area contributed by atoms with Gasteiger partial charge in [0.1, 0.15) is 0 Å². The lowest BCUT2D eigenvalue weighted by Crippen LogP contribution is -2.33. The van der Waals surface area contributed by atoms with Crippen molar-refractivity contribution in [1.29, 1.82) is 0 Å². The molecule has 1 aromatic rings. The van der Waals surface area contributed by atoms with E-state index < -0.39 is 6.10 Å². The summed E-state index contributed by atoms with van der Waals surface area (Å²) in [6, 6.07) is 5.02. The molecule has 1 aliphatic carbocycles. The van der Waals surface area contributed by atoms with E-state index in [1.807, 2.05) is 0 Å². The predicted octanol–water partition coefficient (Wildman–Crippen LogP) is 0.778. The number of nitrogens with two attached hydrogens (primary N) is 1. The standard InChI is InChI=1S/C13H18N2O3/c1-18-12-9(3-2-4-10(12)14)13(17)15-7-11(16)8-5-6-8/h2-4,8,11,16H,5-7,14H2,1H3,(H,15,17). The van der Waals surface area contributed by atoms with Crippen LogP contribution in [0.2, 0.25) is 0 Å². The first-order valence-corrected chi connectivity index (χ1v) is 6.02. The third kappa shape index (κ3) is 2.73. The van der Waals surface area contributed by atoms with Gasteiger partial charge in [0, 0.05) is 6.54 Å². The van der Waals surface area contributed by atoms with Crippen molar-refractivity contribution in [3.05, 3.63) is 23.8 Å². The SMILES string of the molecule is COc1c(N)cccc1C(=O)NCC(O)C1CC1. The maximum Gasteiger partial charge on any atom is 0.255 e. The lowest BCUT2D eigenvalue weighted by atomic mass is 10.1. The monoisotopic (exact) mass is 250 g/mol. The largest absolute Gasteiger partial charge is 0.494 e. The first-order valence-electron chi connectivity index (χ1n) is 6.02. The molecule has 1 aliphatic rings. The number of nitrogen functional groups attached to an aromatic ring is 1. The van der Waals surface area contributed by atoms with Crippen LogP contribution in [0.5, 0.6) is 5.75 Å². The second-order valence-electron chi connectivity index (χ2n) is 4.54. The maximum atomic E-state index is 12.0. The summed E-state index contributed by atoms with van der Waals surface area (Å²) in [5, 5.41) is 12.4. The summed E-state index contributed by atoms with van der Waals surface area (Å²) in [7, 11) is 1.47. The summed E-state index contributed by atoms with van der Waals surface area (Å²) in [6.07, 6.45) is 1.62. The molecule has 0 saturated heterocycles. The highest BCUT2D eigenvalue weighted by Crippen LogP contribution is 2.32. The minimum atomic E-state index is -0.457. The molecular weight excluding hydrogens is 232 g/mol. The number of rotatable bonds is 5. The average Bonchev–Trinajstić information content (AvgIpc) is 3.19. The van der Waals surface area contributed by atoms with E-state index in [1.165, 1.54) is 7.11 Å². The predicted molar refractivity (Wildman–Crippen MR) is 68.5 cm³/mol. The Morgan fingerprint density at radius 1 is 1.61 bits per heavy atom. The first kappa shape index (κ1) is 12.7. The van der Waals surface area contributed by atoms with Crippen LogP contribution in [0.3, 0.4) is 0 Å². The van der Waals surface area contributed by atoms with Crippen molar-refractivity contribution in [2.45, 2.75) is 18.9 Å². The quantitative estimate of drug-likeness (QED) is 0.674. The zero-order valence-electron chi connectivity index (χ0n) is 10.3. The molecule has 1 unspecified atom stereocenters. The van der Waals surface area contributed by atoms with Crippen LogP contribution in [0.25, 0.3) is 0 Å². The van der Waals surface area contributed by atoms with Gasteiger partial charge in [0.25, 0.3) is 5.91 Å². The molecule has 0 bridgehead atoms. The van der Waals surface area contributed by atoms with E-state index in [9.17, 15) is 9.90 Å². The van der Waals surface area contributed by atoms with Crippen molar-refractivity contribution < 1.29 is 14.6 Å². The number of aliphatic hydroxyl groups is 1. The van der Waals surface area contributed by atoms with Crippen molar-refractivity contribution >= 4 is 11.6 Å². The Morgan fingerprint density at radius 2 is 2.33 bits per heavy atom. The Balaban J connectivity index is 2.01. The van der Waals surface area contributed by atoms with Gasteiger partial charge in [0.2, 0.25) is 0 Å². The zero-order chi connectivity index (χ0) is 13.1. The fraction of sp³-hybridized carbons (Fsp3) is 0.462. The molecular formula is C13H18N2O3. The molecule has 5 nitrogen and oxygen atoms in total. The second-order valence-corrected chi connectivity index (χ2v) is 4.54. The van der Waals surface area contributed by atoms with Crippen molar-refractivity contribution in [1.82, 2.24) is 5.32 Å². The Kier molecular flexibility index (Phi) is 3.72. The molecule has 1 fully saturated rings. The fourth-order valence-electron chi connectivity index (χ4n) is 1.90. The molecule has 2 rings (SSSR count). The van der Waals surface area contributed by atoms with Crippen molar-refractivity contribution in [3.63, 3.8) is 0 Å². The van der Waals surface area contributed by atoms with Crippen LogP contribution in [0.15, 0.2) is 18.2 Å². The molecule has 1 saturated carbocycles.